The van der Waals surface area contributed by atoms with E-state index >= 15 is 0 Å². The molecule has 0 amide bonds. The van der Waals surface area contributed by atoms with Gasteiger partial charge in [-0.1, -0.05) is 48.5 Å². The quantitative estimate of drug-likeness (QED) is 0.226. The van der Waals surface area contributed by atoms with Crippen molar-refractivity contribution in [2.45, 2.75) is 43.9 Å². The van der Waals surface area contributed by atoms with Crippen molar-refractivity contribution in [2.24, 2.45) is 0 Å². The molecule has 15 heteroatoms. The number of aliphatic hydroxyl groups is 1. The number of nitrogen functional groups attached to an aromatic ring is 1. The van der Waals surface area contributed by atoms with E-state index in [0.29, 0.717) is 4.57 Å². The summed E-state index contributed by atoms with van der Waals surface area (Å²) in [6, 6.07) is 16.5. The highest BCUT2D eigenvalue weighted by atomic mass is 31.2. The molecule has 40 heavy (non-hydrogen) atoms. The fourth-order valence-electron chi connectivity index (χ4n) is 3.74. The van der Waals surface area contributed by atoms with E-state index in [1.54, 1.807) is 48.5 Å². The molecule has 0 unspecified atom stereocenters. The fourth-order valence-corrected chi connectivity index (χ4v) is 5.24. The van der Waals surface area contributed by atoms with Crippen LogP contribution in [0.3, 0.4) is 0 Å². The third-order valence-electron chi connectivity index (χ3n) is 5.79. The van der Waals surface area contributed by atoms with Crippen LogP contribution in [0.15, 0.2) is 77.7 Å². The summed E-state index contributed by atoms with van der Waals surface area (Å²) in [4.78, 5) is 28.1. The molecule has 1 aromatic heterocycles. The van der Waals surface area contributed by atoms with Gasteiger partial charge in [0.25, 0.3) is 0 Å². The summed E-state index contributed by atoms with van der Waals surface area (Å²) in [5.74, 6) is -4.85. The van der Waals surface area contributed by atoms with Crippen molar-refractivity contribution in [3.05, 3.63) is 89.0 Å². The molecule has 2 heterocycles. The molecule has 5 atom stereocenters. The SMILES string of the molecule is C[C@H](N[P@](=O)(OC[C@H]1O[C@@H](n2ccc(N)nc2=O)C(F)(F)[C@H]1O)Oc1ccccc1)C(=O)OCc1ccccc1. The maximum Gasteiger partial charge on any atom is 0.459 e. The van der Waals surface area contributed by atoms with E-state index in [-0.39, 0.29) is 18.2 Å². The minimum atomic E-state index is -4.46. The summed E-state index contributed by atoms with van der Waals surface area (Å²) in [6.45, 7) is 0.435. The van der Waals surface area contributed by atoms with E-state index in [0.717, 1.165) is 17.8 Å². The summed E-state index contributed by atoms with van der Waals surface area (Å²) in [5.41, 5.74) is 5.01. The number of nitrogens with one attached hydrogen (secondary N) is 1. The first-order valence-electron chi connectivity index (χ1n) is 12.0. The normalized spacial score (nSPS) is 22.2. The zero-order chi connectivity index (χ0) is 28.9. The zero-order valence-electron chi connectivity index (χ0n) is 21.1. The number of aliphatic hydroxyl groups excluding tert-OH is 1. The van der Waals surface area contributed by atoms with E-state index in [2.05, 4.69) is 10.1 Å². The van der Waals surface area contributed by atoms with Gasteiger partial charge in [-0.2, -0.15) is 18.9 Å². The molecule has 0 saturated carbocycles. The van der Waals surface area contributed by atoms with E-state index in [4.69, 9.17) is 24.3 Å². The van der Waals surface area contributed by atoms with Crippen molar-refractivity contribution in [3.8, 4) is 5.75 Å². The Balaban J connectivity index is 1.47. The number of halogens is 2. The Morgan fingerprint density at radius 1 is 1.20 bits per heavy atom. The van der Waals surface area contributed by atoms with Crippen molar-refractivity contribution < 1.29 is 41.8 Å². The van der Waals surface area contributed by atoms with Gasteiger partial charge in [-0.15, -0.1) is 0 Å². The number of ether oxygens (including phenoxy) is 2. The second-order valence-electron chi connectivity index (χ2n) is 8.83. The van der Waals surface area contributed by atoms with E-state index in [1.165, 1.54) is 19.1 Å². The lowest BCUT2D eigenvalue weighted by atomic mass is 10.1. The lowest BCUT2D eigenvalue weighted by molar-refractivity contribution is -0.146. The molecule has 3 aromatic rings. The Hall–Kier alpha value is -3.68. The average Bonchev–Trinajstić information content (AvgIpc) is 3.15. The molecule has 12 nitrogen and oxygen atoms in total. The largest absolute Gasteiger partial charge is 0.460 e. The monoisotopic (exact) mass is 580 g/mol. The number of alkyl halides is 2. The van der Waals surface area contributed by atoms with E-state index in [9.17, 15) is 28.0 Å². The maximum atomic E-state index is 14.9. The predicted octanol–water partition coefficient (Wildman–Crippen LogP) is 2.64. The summed E-state index contributed by atoms with van der Waals surface area (Å²) < 4.78 is 65.3. The highest BCUT2D eigenvalue weighted by Crippen LogP contribution is 2.48. The molecule has 0 spiro atoms. The molecule has 1 saturated heterocycles. The van der Waals surface area contributed by atoms with Crippen LogP contribution in [0.25, 0.3) is 0 Å². The van der Waals surface area contributed by atoms with Crippen LogP contribution < -0.4 is 21.0 Å². The fraction of sp³-hybridized carbons (Fsp3) is 0.320. The van der Waals surface area contributed by atoms with Gasteiger partial charge in [-0.3, -0.25) is 13.9 Å². The maximum absolute atomic E-state index is 14.9. The molecule has 0 radical (unpaired) electrons. The third kappa shape index (κ3) is 6.90. The van der Waals surface area contributed by atoms with Gasteiger partial charge in [-0.25, -0.2) is 9.36 Å². The molecular weight excluding hydrogens is 553 g/mol. The molecule has 1 aliphatic heterocycles. The van der Waals surface area contributed by atoms with Crippen LogP contribution in [0.2, 0.25) is 0 Å². The van der Waals surface area contributed by atoms with Gasteiger partial charge in [0, 0.05) is 6.20 Å². The number of para-hydroxylation sites is 1. The second kappa shape index (κ2) is 12.2. The van der Waals surface area contributed by atoms with Gasteiger partial charge in [0.1, 0.15) is 30.3 Å². The number of carbonyl (C=O) groups is 1. The van der Waals surface area contributed by atoms with Gasteiger partial charge in [0.15, 0.2) is 6.10 Å². The predicted molar refractivity (Wildman–Crippen MR) is 137 cm³/mol. The van der Waals surface area contributed by atoms with Crippen molar-refractivity contribution in [3.63, 3.8) is 0 Å². The Labute approximate surface area is 227 Å². The first-order valence-corrected chi connectivity index (χ1v) is 13.6. The van der Waals surface area contributed by atoms with Crippen LogP contribution in [-0.2, 0) is 30.0 Å². The number of nitrogens with zero attached hydrogens (tertiary/aromatic N) is 2. The van der Waals surface area contributed by atoms with Gasteiger partial charge < -0.3 is 24.8 Å². The lowest BCUT2D eigenvalue weighted by Gasteiger charge is -2.24. The van der Waals surface area contributed by atoms with Crippen LogP contribution in [0.5, 0.6) is 5.75 Å². The topological polar surface area (TPSA) is 164 Å². The van der Waals surface area contributed by atoms with Gasteiger partial charge >= 0.3 is 25.3 Å². The van der Waals surface area contributed by atoms with Gasteiger partial charge in [0.05, 0.1) is 6.61 Å². The van der Waals surface area contributed by atoms with Crippen LogP contribution in [-0.4, -0.2) is 51.4 Å². The Morgan fingerprint density at radius 3 is 2.50 bits per heavy atom. The summed E-state index contributed by atoms with van der Waals surface area (Å²) in [5, 5.41) is 12.7. The Bertz CT molecular complexity index is 1410. The number of rotatable bonds is 11. The smallest absolute Gasteiger partial charge is 0.459 e. The first kappa shape index (κ1) is 29.3. The third-order valence-corrected chi connectivity index (χ3v) is 7.43. The molecule has 0 aliphatic carbocycles. The van der Waals surface area contributed by atoms with Crippen LogP contribution in [0.4, 0.5) is 14.6 Å². The summed E-state index contributed by atoms with van der Waals surface area (Å²) in [6.07, 6.45) is -5.50. The minimum Gasteiger partial charge on any atom is -0.460 e. The highest BCUT2D eigenvalue weighted by Gasteiger charge is 2.60. The highest BCUT2D eigenvalue weighted by molar-refractivity contribution is 7.52. The molecule has 1 fully saturated rings. The van der Waals surface area contributed by atoms with Crippen molar-refractivity contribution in [1.29, 1.82) is 0 Å². The number of carbonyl (C=O) groups excluding carboxylic acids is 1. The molecule has 4 rings (SSSR count). The molecule has 4 N–H and O–H groups in total. The standard InChI is InChI=1S/C25H27F2N4O8P/c1-16(22(33)36-14-17-8-4-2-5-9-17)30-40(35,39-18-10-6-3-7-11-18)37-15-19-21(32)25(26,27)23(38-19)31-13-12-20(28)29-24(31)34/h2-13,16,19,21,23,32H,14-15H2,1H3,(H,30,35)(H2,28,29,34)/t16-,19+,21-,23+,40-/m0/s1. The van der Waals surface area contributed by atoms with Crippen molar-refractivity contribution in [1.82, 2.24) is 14.6 Å². The van der Waals surface area contributed by atoms with Crippen LogP contribution in [0, 0.1) is 0 Å². The first-order chi connectivity index (χ1) is 19.0. The number of anilines is 1. The summed E-state index contributed by atoms with van der Waals surface area (Å²) in [7, 11) is -4.46. The number of benzene rings is 2. The van der Waals surface area contributed by atoms with Crippen molar-refractivity contribution in [2.75, 3.05) is 12.3 Å². The van der Waals surface area contributed by atoms with Crippen molar-refractivity contribution >= 4 is 19.5 Å². The van der Waals surface area contributed by atoms with Crippen LogP contribution >= 0.6 is 7.75 Å². The van der Waals surface area contributed by atoms with Gasteiger partial charge in [-0.05, 0) is 30.7 Å². The van der Waals surface area contributed by atoms with E-state index in [1.807, 2.05) is 0 Å². The van der Waals surface area contributed by atoms with E-state index < -0.39 is 56.4 Å². The molecular formula is C25H27F2N4O8P. The number of esters is 1. The number of hydrogen-bond acceptors (Lipinski definition) is 10. The second-order valence-corrected chi connectivity index (χ2v) is 10.5. The molecule has 0 bridgehead atoms. The number of nitrogens with two attached hydrogens (primary N) is 1. The Kier molecular flexibility index (Phi) is 8.96. The van der Waals surface area contributed by atoms with Gasteiger partial charge in [0.2, 0.25) is 6.23 Å². The molecule has 2 aromatic carbocycles. The summed E-state index contributed by atoms with van der Waals surface area (Å²) >= 11 is 0. The Morgan fingerprint density at radius 2 is 1.85 bits per heavy atom. The molecule has 1 aliphatic rings. The lowest BCUT2D eigenvalue weighted by Crippen LogP contribution is -2.42. The number of aromatic nitrogens is 2. The van der Waals surface area contributed by atoms with Crippen LogP contribution in [0.1, 0.15) is 18.7 Å². The average molecular weight is 580 g/mol. The zero-order valence-corrected chi connectivity index (χ0v) is 22.0. The number of hydrogen-bond donors (Lipinski definition) is 3. The molecule has 214 valence electrons. The minimum absolute atomic E-state index is 0.0473.